The third-order valence-electron chi connectivity index (χ3n) is 7.59. The molecule has 11 heteroatoms. The molecular formula is C29H27F4N5O2. The molecule has 2 fully saturated rings. The number of hydrogen-bond donors (Lipinski definition) is 3. The van der Waals surface area contributed by atoms with Crippen molar-refractivity contribution in [1.29, 1.82) is 0 Å². The van der Waals surface area contributed by atoms with Crippen LogP contribution in [-0.2, 0) is 5.41 Å². The van der Waals surface area contributed by atoms with Crippen molar-refractivity contribution in [3.8, 4) is 17.0 Å². The number of halogens is 4. The second-order valence-corrected chi connectivity index (χ2v) is 10.6. The monoisotopic (exact) mass is 553 g/mol. The number of nitrogens with zero attached hydrogens (tertiary/aromatic N) is 3. The van der Waals surface area contributed by atoms with Gasteiger partial charge in [0.2, 0.25) is 0 Å². The van der Waals surface area contributed by atoms with E-state index in [2.05, 4.69) is 15.6 Å². The number of carbonyl (C=O) groups excluding carboxylic acids is 1. The van der Waals surface area contributed by atoms with Gasteiger partial charge in [0.1, 0.15) is 11.6 Å². The average Bonchev–Trinajstić information content (AvgIpc) is 3.83. The quantitative estimate of drug-likeness (QED) is 0.237. The molecule has 208 valence electrons. The molecule has 3 N–H and O–H groups in total. The fraction of sp³-hybridized carbons (Fsp3) is 0.345. The summed E-state index contributed by atoms with van der Waals surface area (Å²) >= 11 is 0. The Hall–Kier alpha value is -4.15. The summed E-state index contributed by atoms with van der Waals surface area (Å²) in [6.45, 7) is 1.47. The number of amides is 1. The Balaban J connectivity index is 1.43. The van der Waals surface area contributed by atoms with Crippen molar-refractivity contribution in [2.24, 2.45) is 0 Å². The maximum atomic E-state index is 14.2. The van der Waals surface area contributed by atoms with E-state index < -0.39 is 23.8 Å². The Labute approximate surface area is 227 Å². The van der Waals surface area contributed by atoms with Crippen molar-refractivity contribution in [3.05, 3.63) is 76.9 Å². The molecule has 0 spiro atoms. The van der Waals surface area contributed by atoms with Crippen molar-refractivity contribution >= 4 is 17.2 Å². The summed E-state index contributed by atoms with van der Waals surface area (Å²) < 4.78 is 54.5. The summed E-state index contributed by atoms with van der Waals surface area (Å²) in [6.07, 6.45) is -0.671. The number of nitrogens with one attached hydrogen (secondary N) is 2. The summed E-state index contributed by atoms with van der Waals surface area (Å²) in [7, 11) is 0. The molecule has 2 aliphatic carbocycles. The fourth-order valence-electron chi connectivity index (χ4n) is 5.12. The zero-order chi connectivity index (χ0) is 28.2. The second-order valence-electron chi connectivity index (χ2n) is 10.6. The highest BCUT2D eigenvalue weighted by molar-refractivity contribution is 5.96. The van der Waals surface area contributed by atoms with Crippen LogP contribution in [0.5, 0.6) is 5.75 Å². The van der Waals surface area contributed by atoms with Crippen LogP contribution in [0, 0.1) is 12.7 Å². The topological polar surface area (TPSA) is 91.6 Å². The van der Waals surface area contributed by atoms with Crippen molar-refractivity contribution < 1.29 is 27.5 Å². The van der Waals surface area contributed by atoms with Gasteiger partial charge in [-0.15, -0.1) is 0 Å². The number of aromatic nitrogens is 3. The molecule has 2 aromatic heterocycles. The molecule has 1 amide bonds. The number of hydrogen-bond acceptors (Lipinski definition) is 5. The lowest BCUT2D eigenvalue weighted by Crippen LogP contribution is -2.26. The summed E-state index contributed by atoms with van der Waals surface area (Å²) in [6, 6.07) is 11.0. The predicted molar refractivity (Wildman–Crippen MR) is 141 cm³/mol. The zero-order valence-corrected chi connectivity index (χ0v) is 21.6. The summed E-state index contributed by atoms with van der Waals surface area (Å²) in [5.41, 5.74) is 3.36. The van der Waals surface area contributed by atoms with Crippen LogP contribution in [0.25, 0.3) is 16.9 Å². The van der Waals surface area contributed by atoms with E-state index in [0.29, 0.717) is 46.7 Å². The maximum Gasteiger partial charge on any atom is 0.390 e. The lowest BCUT2D eigenvalue weighted by Gasteiger charge is -2.19. The molecule has 0 unspecified atom stereocenters. The van der Waals surface area contributed by atoms with Gasteiger partial charge in [-0.2, -0.15) is 18.3 Å². The maximum absolute atomic E-state index is 14.2. The third kappa shape index (κ3) is 4.96. The van der Waals surface area contributed by atoms with Crippen molar-refractivity contribution in [2.75, 3.05) is 11.9 Å². The van der Waals surface area contributed by atoms with Crippen LogP contribution in [-0.4, -0.2) is 44.4 Å². The molecular weight excluding hydrogens is 526 g/mol. The minimum Gasteiger partial charge on any atom is -0.508 e. The van der Waals surface area contributed by atoms with Gasteiger partial charge in [0.05, 0.1) is 29.7 Å². The number of aromatic hydroxyl groups is 1. The van der Waals surface area contributed by atoms with Crippen LogP contribution in [0.4, 0.5) is 23.2 Å². The van der Waals surface area contributed by atoms with E-state index in [0.717, 1.165) is 24.0 Å². The summed E-state index contributed by atoms with van der Waals surface area (Å²) in [5.74, 6) is -0.714. The summed E-state index contributed by atoms with van der Waals surface area (Å²) in [4.78, 5) is 17.1. The Morgan fingerprint density at radius 1 is 1.15 bits per heavy atom. The molecule has 2 aliphatic rings. The van der Waals surface area contributed by atoms with Gasteiger partial charge in [-0.3, -0.25) is 4.79 Å². The zero-order valence-electron chi connectivity index (χ0n) is 21.6. The highest BCUT2D eigenvalue weighted by atomic mass is 19.4. The lowest BCUT2D eigenvalue weighted by atomic mass is 9.91. The van der Waals surface area contributed by atoms with Crippen LogP contribution >= 0.6 is 0 Å². The van der Waals surface area contributed by atoms with Gasteiger partial charge >= 0.3 is 6.18 Å². The van der Waals surface area contributed by atoms with Gasteiger partial charge in [0.25, 0.3) is 5.91 Å². The van der Waals surface area contributed by atoms with Gasteiger partial charge in [-0.1, -0.05) is 6.07 Å². The highest BCUT2D eigenvalue weighted by Crippen LogP contribution is 2.55. The number of benzene rings is 2. The molecule has 2 saturated carbocycles. The SMILES string of the molecule is Cc1cc(-c2cnc3c(NCCC(F)(F)F)cc(C4(c5cc(F)ccc5O)CC4)nn23)ccc1C(=O)NC1CC1. The number of anilines is 1. The second kappa shape index (κ2) is 9.50. The molecule has 0 radical (unpaired) electrons. The van der Waals surface area contributed by atoms with E-state index in [1.165, 1.54) is 18.2 Å². The van der Waals surface area contributed by atoms with Crippen molar-refractivity contribution in [3.63, 3.8) is 0 Å². The van der Waals surface area contributed by atoms with E-state index in [1.807, 2.05) is 13.0 Å². The van der Waals surface area contributed by atoms with Gasteiger partial charge in [-0.05, 0) is 74.6 Å². The summed E-state index contributed by atoms with van der Waals surface area (Å²) in [5, 5.41) is 21.2. The number of rotatable bonds is 8. The standard InChI is InChI=1S/C29H27F4N5O2/c1-16-12-17(2-6-20(16)27(40)36-19-4-5-19)23-15-35-26-22(34-11-10-29(31,32)33)14-25(37-38(23)26)28(8-9-28)21-13-18(30)3-7-24(21)39/h2-3,6-7,12-15,19,34,39H,4-5,8-11H2,1H3,(H,36,40). The average molecular weight is 554 g/mol. The Bertz CT molecular complexity index is 1620. The fourth-order valence-corrected chi connectivity index (χ4v) is 5.12. The molecule has 2 heterocycles. The number of aryl methyl sites for hydroxylation is 1. The minimum absolute atomic E-state index is 0.0751. The first-order valence-electron chi connectivity index (χ1n) is 13.1. The van der Waals surface area contributed by atoms with E-state index in [9.17, 15) is 27.5 Å². The predicted octanol–water partition coefficient (Wildman–Crippen LogP) is 5.89. The first kappa shape index (κ1) is 26.1. The Morgan fingerprint density at radius 3 is 2.60 bits per heavy atom. The normalized spacial score (nSPS) is 16.2. The van der Waals surface area contributed by atoms with E-state index in [4.69, 9.17) is 5.10 Å². The molecule has 2 aromatic carbocycles. The number of phenolic OH excluding ortho intramolecular Hbond substituents is 1. The number of alkyl halides is 3. The Kier molecular flexibility index (Phi) is 6.19. The molecule has 0 aliphatic heterocycles. The Morgan fingerprint density at radius 2 is 1.93 bits per heavy atom. The third-order valence-corrected chi connectivity index (χ3v) is 7.59. The van der Waals surface area contributed by atoms with E-state index >= 15 is 0 Å². The van der Waals surface area contributed by atoms with Crippen LogP contribution in [0.2, 0.25) is 0 Å². The van der Waals surface area contributed by atoms with E-state index in [-0.39, 0.29) is 24.2 Å². The van der Waals surface area contributed by atoms with Crippen LogP contribution in [0.3, 0.4) is 0 Å². The van der Waals surface area contributed by atoms with Crippen molar-refractivity contribution in [1.82, 2.24) is 19.9 Å². The van der Waals surface area contributed by atoms with Gasteiger partial charge in [-0.25, -0.2) is 13.9 Å². The number of phenols is 1. The molecule has 7 nitrogen and oxygen atoms in total. The minimum atomic E-state index is -4.34. The molecule has 0 saturated heterocycles. The number of carbonyl (C=O) groups is 1. The van der Waals surface area contributed by atoms with Crippen molar-refractivity contribution in [2.45, 2.75) is 56.7 Å². The number of fused-ring (bicyclic) bond motifs is 1. The number of imidazole rings is 1. The lowest BCUT2D eigenvalue weighted by molar-refractivity contribution is -0.131. The smallest absolute Gasteiger partial charge is 0.390 e. The van der Waals surface area contributed by atoms with E-state index in [1.54, 1.807) is 28.9 Å². The van der Waals surface area contributed by atoms with Crippen LogP contribution in [0.1, 0.15) is 59.3 Å². The molecule has 4 aromatic rings. The van der Waals surface area contributed by atoms with Gasteiger partial charge in [0.15, 0.2) is 5.65 Å². The van der Waals surface area contributed by atoms with Crippen LogP contribution < -0.4 is 10.6 Å². The molecule has 0 bridgehead atoms. The first-order valence-corrected chi connectivity index (χ1v) is 13.1. The largest absolute Gasteiger partial charge is 0.508 e. The van der Waals surface area contributed by atoms with Crippen LogP contribution in [0.15, 0.2) is 48.7 Å². The first-order chi connectivity index (χ1) is 19.0. The van der Waals surface area contributed by atoms with Gasteiger partial charge < -0.3 is 15.7 Å². The molecule has 0 atom stereocenters. The molecule has 40 heavy (non-hydrogen) atoms. The van der Waals surface area contributed by atoms with Gasteiger partial charge in [0, 0.05) is 34.7 Å². The molecule has 6 rings (SSSR count). The highest BCUT2D eigenvalue weighted by Gasteiger charge is 2.50.